The van der Waals surface area contributed by atoms with Crippen LogP contribution in [-0.4, -0.2) is 38.8 Å². The molecule has 0 heterocycles. The van der Waals surface area contributed by atoms with Crippen LogP contribution in [0.15, 0.2) is 0 Å². The van der Waals surface area contributed by atoms with Crippen LogP contribution in [0, 0.1) is 11.5 Å². The lowest BCUT2D eigenvalue weighted by molar-refractivity contribution is 0.135. The van der Waals surface area contributed by atoms with Crippen LogP contribution in [0.4, 0.5) is 8.78 Å². The zero-order valence-electron chi connectivity index (χ0n) is 14.2. The summed E-state index contributed by atoms with van der Waals surface area (Å²) in [6, 6.07) is -0.410. The maximum atomic E-state index is 12.2. The van der Waals surface area contributed by atoms with Crippen molar-refractivity contribution in [3.8, 4) is 11.5 Å². The molecule has 0 radical (unpaired) electrons. The summed E-state index contributed by atoms with van der Waals surface area (Å²) in [6.07, 6.45) is -2.53. The Morgan fingerprint density at radius 1 is 1.00 bits per heavy atom. The van der Waals surface area contributed by atoms with E-state index < -0.39 is 20.5 Å². The molecular formula is C16H31F2NOSi. The zero-order chi connectivity index (χ0) is 16.6. The van der Waals surface area contributed by atoms with Gasteiger partial charge in [-0.15, -0.1) is 5.54 Å². The molecule has 21 heavy (non-hydrogen) atoms. The fourth-order valence-corrected chi connectivity index (χ4v) is 8.46. The highest BCUT2D eigenvalue weighted by Crippen LogP contribution is 2.40. The van der Waals surface area contributed by atoms with Crippen molar-refractivity contribution in [3.63, 3.8) is 0 Å². The molecule has 0 saturated heterocycles. The maximum absolute atomic E-state index is 12.2. The van der Waals surface area contributed by atoms with Crippen molar-refractivity contribution in [1.82, 2.24) is 5.32 Å². The van der Waals surface area contributed by atoms with Gasteiger partial charge in [0.05, 0.1) is 12.6 Å². The molecule has 0 aliphatic carbocycles. The Labute approximate surface area is 129 Å². The first-order chi connectivity index (χ1) is 9.68. The van der Waals surface area contributed by atoms with E-state index in [0.717, 1.165) is 0 Å². The number of aliphatic hydroxyl groups is 1. The second-order valence-corrected chi connectivity index (χ2v) is 12.1. The van der Waals surface area contributed by atoms with Crippen LogP contribution in [0.3, 0.4) is 0 Å². The first-order valence-electron chi connectivity index (χ1n) is 7.83. The van der Waals surface area contributed by atoms with Crippen molar-refractivity contribution >= 4 is 8.07 Å². The van der Waals surface area contributed by atoms with Crippen LogP contribution in [-0.2, 0) is 0 Å². The van der Waals surface area contributed by atoms with E-state index in [0.29, 0.717) is 16.6 Å². The van der Waals surface area contributed by atoms with E-state index in [1.807, 2.05) is 0 Å². The van der Waals surface area contributed by atoms with Gasteiger partial charge in [-0.25, -0.2) is 8.78 Å². The summed E-state index contributed by atoms with van der Waals surface area (Å²) < 4.78 is 24.3. The quantitative estimate of drug-likeness (QED) is 0.527. The molecule has 5 heteroatoms. The van der Waals surface area contributed by atoms with Gasteiger partial charge in [0, 0.05) is 13.0 Å². The standard InChI is InChI=1S/C16H31F2NOSi/c1-12(2)21(13(3)4,14(5)6)10-8-15(11-20)19-9-7-16(17)18/h12-16,19-20H,7,9,11H2,1-6H3. The van der Waals surface area contributed by atoms with Crippen LogP contribution in [0.2, 0.25) is 16.6 Å². The number of hydrogen-bond donors (Lipinski definition) is 2. The van der Waals surface area contributed by atoms with E-state index in [-0.39, 0.29) is 19.6 Å². The third kappa shape index (κ3) is 6.05. The molecule has 0 spiro atoms. The summed E-state index contributed by atoms with van der Waals surface area (Å²) in [5.41, 5.74) is 5.06. The van der Waals surface area contributed by atoms with Gasteiger partial charge in [-0.05, 0) is 16.6 Å². The van der Waals surface area contributed by atoms with Crippen LogP contribution in [0.5, 0.6) is 0 Å². The summed E-state index contributed by atoms with van der Waals surface area (Å²) in [5, 5.41) is 12.3. The molecule has 1 unspecified atom stereocenters. The maximum Gasteiger partial charge on any atom is 0.239 e. The average molecular weight is 320 g/mol. The SMILES string of the molecule is CC(C)[Si](C#CC(CO)NCCC(F)F)(C(C)C)C(C)C. The highest BCUT2D eigenvalue weighted by molar-refractivity contribution is 6.90. The molecule has 0 fully saturated rings. The molecule has 0 aliphatic heterocycles. The third-order valence-corrected chi connectivity index (χ3v) is 10.6. The normalized spacial score (nSPS) is 14.0. The van der Waals surface area contributed by atoms with Crippen molar-refractivity contribution in [3.05, 3.63) is 0 Å². The lowest BCUT2D eigenvalue weighted by Crippen LogP contribution is -2.44. The van der Waals surface area contributed by atoms with Crippen molar-refractivity contribution < 1.29 is 13.9 Å². The summed E-state index contributed by atoms with van der Waals surface area (Å²) in [5.74, 6) is 3.13. The molecule has 0 saturated carbocycles. The van der Waals surface area contributed by atoms with Gasteiger partial charge < -0.3 is 10.4 Å². The molecule has 0 aliphatic rings. The van der Waals surface area contributed by atoms with Gasteiger partial charge in [-0.2, -0.15) is 0 Å². The highest BCUT2D eigenvalue weighted by Gasteiger charge is 2.41. The van der Waals surface area contributed by atoms with Gasteiger partial charge in [0.15, 0.2) is 0 Å². The Hall–Kier alpha value is -0.443. The predicted octanol–water partition coefficient (Wildman–Crippen LogP) is 3.81. The number of nitrogens with one attached hydrogen (secondary N) is 1. The van der Waals surface area contributed by atoms with Crippen LogP contribution in [0.25, 0.3) is 0 Å². The highest BCUT2D eigenvalue weighted by atomic mass is 28.3. The number of rotatable bonds is 8. The van der Waals surface area contributed by atoms with Gasteiger partial charge >= 0.3 is 0 Å². The second-order valence-electron chi connectivity index (χ2n) is 6.54. The molecular weight excluding hydrogens is 288 g/mol. The second kappa shape index (κ2) is 9.55. The van der Waals surface area contributed by atoms with Gasteiger partial charge in [-0.1, -0.05) is 47.5 Å². The summed E-state index contributed by atoms with van der Waals surface area (Å²) in [4.78, 5) is 0. The van der Waals surface area contributed by atoms with E-state index >= 15 is 0 Å². The third-order valence-electron chi connectivity index (χ3n) is 4.26. The zero-order valence-corrected chi connectivity index (χ0v) is 15.2. The lowest BCUT2D eigenvalue weighted by Gasteiger charge is -2.38. The van der Waals surface area contributed by atoms with Crippen molar-refractivity contribution in [2.45, 2.75) is 77.1 Å². The number of hydrogen-bond acceptors (Lipinski definition) is 2. The predicted molar refractivity (Wildman–Crippen MR) is 88.3 cm³/mol. The van der Waals surface area contributed by atoms with Gasteiger partial charge in [-0.3, -0.25) is 0 Å². The Morgan fingerprint density at radius 3 is 1.81 bits per heavy atom. The smallest absolute Gasteiger partial charge is 0.239 e. The molecule has 2 nitrogen and oxygen atoms in total. The fraction of sp³-hybridized carbons (Fsp3) is 0.875. The number of aliphatic hydroxyl groups excluding tert-OH is 1. The average Bonchev–Trinajstić information content (AvgIpc) is 2.35. The minimum Gasteiger partial charge on any atom is -0.394 e. The monoisotopic (exact) mass is 319 g/mol. The summed E-state index contributed by atoms with van der Waals surface area (Å²) in [6.45, 7) is 13.4. The van der Waals surface area contributed by atoms with Crippen LogP contribution < -0.4 is 5.32 Å². The van der Waals surface area contributed by atoms with Gasteiger partial charge in [0.1, 0.15) is 8.07 Å². The minimum atomic E-state index is -2.32. The Balaban J connectivity index is 5.06. The summed E-state index contributed by atoms with van der Waals surface area (Å²) >= 11 is 0. The van der Waals surface area contributed by atoms with E-state index in [2.05, 4.69) is 58.3 Å². The number of alkyl halides is 2. The molecule has 2 N–H and O–H groups in total. The molecule has 1 atom stereocenters. The Bertz CT molecular complexity index is 326. The van der Waals surface area contributed by atoms with Crippen molar-refractivity contribution in [2.75, 3.05) is 13.2 Å². The minimum absolute atomic E-state index is 0.144. The topological polar surface area (TPSA) is 32.3 Å². The molecule has 0 bridgehead atoms. The Kier molecular flexibility index (Phi) is 9.35. The molecule has 0 aromatic rings. The molecule has 124 valence electrons. The van der Waals surface area contributed by atoms with Crippen LogP contribution in [0.1, 0.15) is 48.0 Å². The van der Waals surface area contributed by atoms with E-state index in [9.17, 15) is 13.9 Å². The first kappa shape index (κ1) is 20.6. The van der Waals surface area contributed by atoms with Crippen LogP contribution >= 0.6 is 0 Å². The van der Waals surface area contributed by atoms with E-state index in [1.54, 1.807) is 0 Å². The largest absolute Gasteiger partial charge is 0.394 e. The van der Waals surface area contributed by atoms with E-state index in [1.165, 1.54) is 0 Å². The lowest BCUT2D eigenvalue weighted by atomic mass is 10.3. The molecule has 0 rings (SSSR count). The van der Waals surface area contributed by atoms with E-state index in [4.69, 9.17) is 0 Å². The Morgan fingerprint density at radius 2 is 1.48 bits per heavy atom. The van der Waals surface area contributed by atoms with Crippen molar-refractivity contribution in [1.29, 1.82) is 0 Å². The molecule has 0 aromatic heterocycles. The van der Waals surface area contributed by atoms with Crippen molar-refractivity contribution in [2.24, 2.45) is 0 Å². The number of halogens is 2. The summed E-state index contributed by atoms with van der Waals surface area (Å²) in [7, 11) is -1.83. The fourth-order valence-electron chi connectivity index (χ4n) is 3.17. The molecule has 0 aromatic carbocycles. The molecule has 0 amide bonds. The first-order valence-corrected chi connectivity index (χ1v) is 10.1. The van der Waals surface area contributed by atoms with Gasteiger partial charge in [0.2, 0.25) is 6.43 Å². The van der Waals surface area contributed by atoms with Gasteiger partial charge in [0.25, 0.3) is 0 Å².